The number of rotatable bonds is 8. The summed E-state index contributed by atoms with van der Waals surface area (Å²) in [6.45, 7) is 2.62. The molecule has 2 aromatic carbocycles. The van der Waals surface area contributed by atoms with Crippen LogP contribution in [0.3, 0.4) is 0 Å². The lowest BCUT2D eigenvalue weighted by Crippen LogP contribution is -2.26. The molecule has 34 heavy (non-hydrogen) atoms. The summed E-state index contributed by atoms with van der Waals surface area (Å²) in [6.07, 6.45) is 3.67. The number of carbonyl (C=O) groups is 1. The first kappa shape index (κ1) is 21.8. The maximum Gasteiger partial charge on any atom is 0.407 e. The third kappa shape index (κ3) is 5.11. The highest BCUT2D eigenvalue weighted by Crippen LogP contribution is 2.31. The fourth-order valence-electron chi connectivity index (χ4n) is 3.47. The van der Waals surface area contributed by atoms with Gasteiger partial charge in [0.15, 0.2) is 5.58 Å². The summed E-state index contributed by atoms with van der Waals surface area (Å²) in [5.74, 6) is 3.07. The van der Waals surface area contributed by atoms with Crippen LogP contribution in [-0.2, 0) is 4.74 Å². The molecule has 5 rings (SSSR count). The summed E-state index contributed by atoms with van der Waals surface area (Å²) in [7, 11) is 1.33. The van der Waals surface area contributed by atoms with E-state index in [0.717, 1.165) is 23.5 Å². The zero-order chi connectivity index (χ0) is 23.5. The van der Waals surface area contributed by atoms with Gasteiger partial charge in [-0.15, -0.1) is 0 Å². The number of nitrogens with one attached hydrogen (secondary N) is 1. The summed E-state index contributed by atoms with van der Waals surface area (Å²) < 4.78 is 22.3. The molecule has 0 radical (unpaired) electrons. The van der Waals surface area contributed by atoms with Gasteiger partial charge in [0.1, 0.15) is 17.0 Å². The van der Waals surface area contributed by atoms with Crippen LogP contribution in [0.4, 0.5) is 4.79 Å². The van der Waals surface area contributed by atoms with Crippen molar-refractivity contribution in [1.29, 1.82) is 0 Å². The standard InChI is InChI=1S/C26H25N3O5/c1-16(28-26(30)31-2)18-8-10-22-23(12-18)34-25(29-22)19-9-11-24(27-14-19)33-21-5-3-4-20(13-21)32-15-17-6-7-17/h3-5,8-14,16-17H,6-7,15H2,1-2H3,(H,28,30). The van der Waals surface area contributed by atoms with Crippen molar-refractivity contribution in [2.45, 2.75) is 25.8 Å². The molecule has 1 atom stereocenters. The van der Waals surface area contributed by atoms with Gasteiger partial charge in [0.05, 0.1) is 25.3 Å². The minimum atomic E-state index is -0.489. The lowest BCUT2D eigenvalue weighted by Gasteiger charge is -2.12. The first-order valence-corrected chi connectivity index (χ1v) is 11.2. The minimum absolute atomic E-state index is 0.235. The Labute approximate surface area is 196 Å². The second-order valence-electron chi connectivity index (χ2n) is 8.32. The van der Waals surface area contributed by atoms with E-state index in [1.54, 1.807) is 12.3 Å². The predicted octanol–water partition coefficient (Wildman–Crippen LogP) is 5.89. The van der Waals surface area contributed by atoms with Crippen LogP contribution in [-0.4, -0.2) is 29.8 Å². The molecule has 174 valence electrons. The second kappa shape index (κ2) is 9.43. The maximum absolute atomic E-state index is 11.5. The number of benzene rings is 2. The zero-order valence-electron chi connectivity index (χ0n) is 19.0. The van der Waals surface area contributed by atoms with Gasteiger partial charge in [-0.1, -0.05) is 12.1 Å². The molecule has 0 aliphatic heterocycles. The van der Waals surface area contributed by atoms with Crippen molar-refractivity contribution < 1.29 is 23.4 Å². The fraction of sp³-hybridized carbons (Fsp3) is 0.269. The van der Waals surface area contributed by atoms with Crippen LogP contribution in [0.15, 0.2) is 65.2 Å². The zero-order valence-corrected chi connectivity index (χ0v) is 19.0. The number of hydrogen-bond donors (Lipinski definition) is 1. The molecule has 1 aliphatic rings. The molecule has 8 nitrogen and oxygen atoms in total. The van der Waals surface area contributed by atoms with E-state index in [9.17, 15) is 4.79 Å². The summed E-state index contributed by atoms with van der Waals surface area (Å²) in [5.41, 5.74) is 2.94. The number of carbonyl (C=O) groups excluding carboxylic acids is 1. The molecular formula is C26H25N3O5. The minimum Gasteiger partial charge on any atom is -0.493 e. The molecule has 2 aromatic heterocycles. The molecule has 0 spiro atoms. The Kier molecular flexibility index (Phi) is 6.03. The lowest BCUT2D eigenvalue weighted by molar-refractivity contribution is 0.167. The molecule has 1 unspecified atom stereocenters. The van der Waals surface area contributed by atoms with Gasteiger partial charge in [0.25, 0.3) is 0 Å². The second-order valence-corrected chi connectivity index (χ2v) is 8.32. The number of alkyl carbamates (subject to hydrolysis) is 1. The smallest absolute Gasteiger partial charge is 0.407 e. The monoisotopic (exact) mass is 459 g/mol. The van der Waals surface area contributed by atoms with Gasteiger partial charge in [0, 0.05) is 18.3 Å². The van der Waals surface area contributed by atoms with Crippen LogP contribution in [0, 0.1) is 5.92 Å². The van der Waals surface area contributed by atoms with Crippen molar-refractivity contribution in [3.05, 3.63) is 66.4 Å². The Morgan fingerprint density at radius 3 is 2.76 bits per heavy atom. The topological polar surface area (TPSA) is 95.7 Å². The van der Waals surface area contributed by atoms with Gasteiger partial charge in [-0.3, -0.25) is 0 Å². The highest BCUT2D eigenvalue weighted by atomic mass is 16.5. The highest BCUT2D eigenvalue weighted by molar-refractivity contribution is 5.77. The maximum atomic E-state index is 11.5. The quantitative estimate of drug-likeness (QED) is 0.351. The molecule has 1 aliphatic carbocycles. The van der Waals surface area contributed by atoms with Crippen LogP contribution < -0.4 is 14.8 Å². The van der Waals surface area contributed by atoms with Crippen LogP contribution in [0.5, 0.6) is 17.4 Å². The third-order valence-corrected chi connectivity index (χ3v) is 5.63. The molecule has 0 saturated heterocycles. The van der Waals surface area contributed by atoms with Crippen molar-refractivity contribution in [3.8, 4) is 28.8 Å². The summed E-state index contributed by atoms with van der Waals surface area (Å²) in [5, 5.41) is 2.74. The van der Waals surface area contributed by atoms with Crippen LogP contribution in [0.25, 0.3) is 22.6 Å². The van der Waals surface area contributed by atoms with E-state index >= 15 is 0 Å². The van der Waals surface area contributed by atoms with E-state index in [-0.39, 0.29) is 6.04 Å². The molecular weight excluding hydrogens is 434 g/mol. The van der Waals surface area contributed by atoms with Gasteiger partial charge in [0.2, 0.25) is 11.8 Å². The number of pyridine rings is 1. The number of oxazole rings is 1. The van der Waals surface area contributed by atoms with E-state index in [1.165, 1.54) is 20.0 Å². The van der Waals surface area contributed by atoms with E-state index in [1.807, 2.05) is 55.5 Å². The number of nitrogens with zero attached hydrogens (tertiary/aromatic N) is 2. The number of hydrogen-bond acceptors (Lipinski definition) is 7. The van der Waals surface area contributed by atoms with Gasteiger partial charge >= 0.3 is 6.09 Å². The van der Waals surface area contributed by atoms with E-state index in [4.69, 9.17) is 13.9 Å². The summed E-state index contributed by atoms with van der Waals surface area (Å²) in [6, 6.07) is 16.6. The van der Waals surface area contributed by atoms with Gasteiger partial charge < -0.3 is 23.9 Å². The summed E-state index contributed by atoms with van der Waals surface area (Å²) >= 11 is 0. The Morgan fingerprint density at radius 2 is 2.00 bits per heavy atom. The van der Waals surface area contributed by atoms with Crippen LogP contribution >= 0.6 is 0 Å². The van der Waals surface area contributed by atoms with Crippen LogP contribution in [0.1, 0.15) is 31.4 Å². The van der Waals surface area contributed by atoms with E-state index in [0.29, 0.717) is 34.5 Å². The highest BCUT2D eigenvalue weighted by Gasteiger charge is 2.22. The number of fused-ring (bicyclic) bond motifs is 1. The van der Waals surface area contributed by atoms with E-state index < -0.39 is 6.09 Å². The van der Waals surface area contributed by atoms with Gasteiger partial charge in [-0.05, 0) is 61.6 Å². The molecule has 1 amide bonds. The molecule has 4 aromatic rings. The largest absolute Gasteiger partial charge is 0.493 e. The molecule has 2 heterocycles. The normalized spacial score (nSPS) is 13.9. The number of ether oxygens (including phenoxy) is 3. The van der Waals surface area contributed by atoms with Crippen molar-refractivity contribution in [1.82, 2.24) is 15.3 Å². The first-order valence-electron chi connectivity index (χ1n) is 11.2. The molecule has 1 saturated carbocycles. The average molecular weight is 460 g/mol. The van der Waals surface area contributed by atoms with Gasteiger partial charge in [-0.2, -0.15) is 0 Å². The van der Waals surface area contributed by atoms with Crippen LogP contribution in [0.2, 0.25) is 0 Å². The Balaban J connectivity index is 1.27. The van der Waals surface area contributed by atoms with Crippen molar-refractivity contribution in [2.24, 2.45) is 5.92 Å². The lowest BCUT2D eigenvalue weighted by atomic mass is 10.1. The van der Waals surface area contributed by atoms with Crippen molar-refractivity contribution in [3.63, 3.8) is 0 Å². The van der Waals surface area contributed by atoms with Gasteiger partial charge in [-0.25, -0.2) is 14.8 Å². The predicted molar refractivity (Wildman–Crippen MR) is 126 cm³/mol. The molecule has 0 bridgehead atoms. The molecule has 1 fully saturated rings. The Hall–Kier alpha value is -4.07. The third-order valence-electron chi connectivity index (χ3n) is 5.63. The first-order chi connectivity index (χ1) is 16.6. The number of methoxy groups -OCH3 is 1. The van der Waals surface area contributed by atoms with Crippen molar-refractivity contribution in [2.75, 3.05) is 13.7 Å². The average Bonchev–Trinajstić information content (AvgIpc) is 3.59. The Bertz CT molecular complexity index is 1300. The van der Waals surface area contributed by atoms with E-state index in [2.05, 4.69) is 20.0 Å². The molecule has 1 N–H and O–H groups in total. The number of aromatic nitrogens is 2. The van der Waals surface area contributed by atoms with Crippen molar-refractivity contribution >= 4 is 17.2 Å². The number of amides is 1. The summed E-state index contributed by atoms with van der Waals surface area (Å²) in [4.78, 5) is 20.4. The fourth-order valence-corrected chi connectivity index (χ4v) is 3.47. The Morgan fingerprint density at radius 1 is 1.15 bits per heavy atom. The SMILES string of the molecule is COC(=O)NC(C)c1ccc2nc(-c3ccc(Oc4cccc(OCC5CC5)c4)nc3)oc2c1. The molecule has 8 heteroatoms.